The number of nitriles is 1. The highest BCUT2D eigenvalue weighted by Gasteiger charge is 2.14. The standard InChI is InChI=1S/C13H12ClN3O/c1-8(7-15)13(18)16-12-6-9-5-10(14)3-4-11(9)17(12)2/h3-6,8H,1-2H3,(H,16,18). The van der Waals surface area contributed by atoms with Crippen molar-refractivity contribution in [3.63, 3.8) is 0 Å². The van der Waals surface area contributed by atoms with E-state index in [-0.39, 0.29) is 5.91 Å². The Kier molecular flexibility index (Phi) is 3.26. The van der Waals surface area contributed by atoms with Gasteiger partial charge in [-0.15, -0.1) is 0 Å². The van der Waals surface area contributed by atoms with E-state index >= 15 is 0 Å². The number of fused-ring (bicyclic) bond motifs is 1. The van der Waals surface area contributed by atoms with Crippen molar-refractivity contribution in [1.29, 1.82) is 5.26 Å². The molecule has 1 amide bonds. The second kappa shape index (κ2) is 4.71. The zero-order chi connectivity index (χ0) is 13.3. The maximum absolute atomic E-state index is 11.7. The van der Waals surface area contributed by atoms with Crippen LogP contribution in [0.25, 0.3) is 10.9 Å². The van der Waals surface area contributed by atoms with E-state index in [4.69, 9.17) is 16.9 Å². The van der Waals surface area contributed by atoms with Crippen LogP contribution in [-0.4, -0.2) is 10.5 Å². The highest BCUT2D eigenvalue weighted by Crippen LogP contribution is 2.25. The van der Waals surface area contributed by atoms with E-state index in [0.29, 0.717) is 10.8 Å². The number of nitrogens with one attached hydrogen (secondary N) is 1. The number of rotatable bonds is 2. The minimum atomic E-state index is -0.674. The topological polar surface area (TPSA) is 57.8 Å². The van der Waals surface area contributed by atoms with Gasteiger partial charge in [0.05, 0.1) is 6.07 Å². The number of carbonyl (C=O) groups is 1. The molecule has 2 aromatic rings. The molecule has 0 spiro atoms. The summed E-state index contributed by atoms with van der Waals surface area (Å²) < 4.78 is 1.85. The third-order valence-electron chi connectivity index (χ3n) is 2.84. The lowest BCUT2D eigenvalue weighted by Gasteiger charge is -2.07. The van der Waals surface area contributed by atoms with Crippen LogP contribution in [0.1, 0.15) is 6.92 Å². The Bertz CT molecular complexity index is 654. The first-order chi connectivity index (χ1) is 8.52. The van der Waals surface area contributed by atoms with Crippen molar-refractivity contribution in [2.24, 2.45) is 13.0 Å². The number of amides is 1. The smallest absolute Gasteiger partial charge is 0.242 e. The fourth-order valence-corrected chi connectivity index (χ4v) is 1.91. The van der Waals surface area contributed by atoms with Crippen LogP contribution in [0.15, 0.2) is 24.3 Å². The molecule has 0 aliphatic rings. The number of nitrogens with zero attached hydrogens (tertiary/aromatic N) is 2. The summed E-state index contributed by atoms with van der Waals surface area (Å²) in [6.45, 7) is 1.56. The first-order valence-electron chi connectivity index (χ1n) is 5.48. The Morgan fingerprint density at radius 3 is 2.89 bits per heavy atom. The average molecular weight is 262 g/mol. The van der Waals surface area contributed by atoms with E-state index in [2.05, 4.69) is 5.32 Å². The molecule has 0 radical (unpaired) electrons. The Morgan fingerprint density at radius 2 is 2.22 bits per heavy atom. The molecule has 1 N–H and O–H groups in total. The summed E-state index contributed by atoms with van der Waals surface area (Å²) in [4.78, 5) is 11.7. The molecule has 0 aliphatic heterocycles. The number of benzene rings is 1. The van der Waals surface area contributed by atoms with Crippen molar-refractivity contribution in [3.05, 3.63) is 29.3 Å². The quantitative estimate of drug-likeness (QED) is 0.904. The lowest BCUT2D eigenvalue weighted by Crippen LogP contribution is -2.20. The van der Waals surface area contributed by atoms with Gasteiger partial charge in [-0.25, -0.2) is 0 Å². The second-order valence-electron chi connectivity index (χ2n) is 4.13. The highest BCUT2D eigenvalue weighted by atomic mass is 35.5. The molecule has 0 saturated carbocycles. The van der Waals surface area contributed by atoms with Crippen molar-refractivity contribution < 1.29 is 4.79 Å². The Balaban J connectivity index is 2.38. The molecule has 1 unspecified atom stereocenters. The first kappa shape index (κ1) is 12.5. The number of halogens is 1. The summed E-state index contributed by atoms with van der Waals surface area (Å²) in [5, 5.41) is 13.0. The summed E-state index contributed by atoms with van der Waals surface area (Å²) in [5.41, 5.74) is 0.972. The summed E-state index contributed by atoms with van der Waals surface area (Å²) >= 11 is 5.92. The number of carbonyl (C=O) groups excluding carboxylic acids is 1. The number of aromatic nitrogens is 1. The lowest BCUT2D eigenvalue weighted by atomic mass is 10.2. The van der Waals surface area contributed by atoms with Crippen LogP contribution < -0.4 is 5.32 Å². The molecule has 1 aromatic heterocycles. The molecule has 0 saturated heterocycles. The van der Waals surface area contributed by atoms with Gasteiger partial charge in [-0.05, 0) is 31.2 Å². The minimum absolute atomic E-state index is 0.311. The predicted molar refractivity (Wildman–Crippen MR) is 71.3 cm³/mol. The number of anilines is 1. The van der Waals surface area contributed by atoms with Gasteiger partial charge in [0.15, 0.2) is 0 Å². The summed E-state index contributed by atoms with van der Waals surface area (Å²) in [7, 11) is 1.85. The third-order valence-corrected chi connectivity index (χ3v) is 3.08. The molecule has 1 atom stereocenters. The zero-order valence-electron chi connectivity index (χ0n) is 10.1. The Morgan fingerprint density at radius 1 is 1.50 bits per heavy atom. The van der Waals surface area contributed by atoms with E-state index in [1.165, 1.54) is 0 Å². The van der Waals surface area contributed by atoms with Gasteiger partial charge < -0.3 is 9.88 Å². The van der Waals surface area contributed by atoms with Crippen LogP contribution in [0.4, 0.5) is 5.82 Å². The van der Waals surface area contributed by atoms with E-state index in [0.717, 1.165) is 10.9 Å². The highest BCUT2D eigenvalue weighted by molar-refractivity contribution is 6.31. The van der Waals surface area contributed by atoms with Crippen LogP contribution >= 0.6 is 11.6 Å². The van der Waals surface area contributed by atoms with Crippen molar-refractivity contribution in [2.45, 2.75) is 6.92 Å². The van der Waals surface area contributed by atoms with E-state index in [9.17, 15) is 4.79 Å². The van der Waals surface area contributed by atoms with Gasteiger partial charge in [0.1, 0.15) is 11.7 Å². The molecule has 0 fully saturated rings. The molecule has 5 heteroatoms. The average Bonchev–Trinajstić information content (AvgIpc) is 2.64. The van der Waals surface area contributed by atoms with Crippen LogP contribution in [0, 0.1) is 17.2 Å². The maximum atomic E-state index is 11.7. The minimum Gasteiger partial charge on any atom is -0.330 e. The monoisotopic (exact) mass is 261 g/mol. The molecule has 1 heterocycles. The van der Waals surface area contributed by atoms with Gasteiger partial charge in [-0.1, -0.05) is 11.6 Å². The molecular weight excluding hydrogens is 250 g/mol. The Hall–Kier alpha value is -1.99. The summed E-state index contributed by atoms with van der Waals surface area (Å²) in [6.07, 6.45) is 0. The number of aryl methyl sites for hydroxylation is 1. The SMILES string of the molecule is CC(C#N)C(=O)Nc1cc2cc(Cl)ccc2n1C. The first-order valence-corrected chi connectivity index (χ1v) is 5.86. The largest absolute Gasteiger partial charge is 0.330 e. The fraction of sp³-hybridized carbons (Fsp3) is 0.231. The predicted octanol–water partition coefficient (Wildman–Crippen LogP) is 2.93. The van der Waals surface area contributed by atoms with Gasteiger partial charge in [-0.2, -0.15) is 5.26 Å². The van der Waals surface area contributed by atoms with Crippen LogP contribution in [0.2, 0.25) is 5.02 Å². The molecular formula is C13H12ClN3O. The zero-order valence-corrected chi connectivity index (χ0v) is 10.8. The van der Waals surface area contributed by atoms with Crippen LogP contribution in [-0.2, 0) is 11.8 Å². The van der Waals surface area contributed by atoms with Crippen LogP contribution in [0.3, 0.4) is 0 Å². The van der Waals surface area contributed by atoms with Crippen molar-refractivity contribution in [1.82, 2.24) is 4.57 Å². The molecule has 18 heavy (non-hydrogen) atoms. The normalized spacial score (nSPS) is 12.1. The van der Waals surface area contributed by atoms with E-state index in [1.54, 1.807) is 13.0 Å². The van der Waals surface area contributed by atoms with E-state index in [1.807, 2.05) is 35.9 Å². The Labute approximate surface area is 110 Å². The van der Waals surface area contributed by atoms with Gasteiger partial charge in [0, 0.05) is 23.0 Å². The maximum Gasteiger partial charge on any atom is 0.242 e. The molecule has 1 aromatic carbocycles. The molecule has 92 valence electrons. The van der Waals surface area contributed by atoms with Crippen LogP contribution in [0.5, 0.6) is 0 Å². The molecule has 0 bridgehead atoms. The van der Waals surface area contributed by atoms with Crippen molar-refractivity contribution in [2.75, 3.05) is 5.32 Å². The van der Waals surface area contributed by atoms with Crippen molar-refractivity contribution in [3.8, 4) is 6.07 Å². The van der Waals surface area contributed by atoms with E-state index < -0.39 is 5.92 Å². The summed E-state index contributed by atoms with van der Waals surface area (Å²) in [6, 6.07) is 9.26. The third kappa shape index (κ3) is 2.18. The molecule has 4 nitrogen and oxygen atoms in total. The summed E-state index contributed by atoms with van der Waals surface area (Å²) in [5.74, 6) is -0.333. The number of hydrogen-bond acceptors (Lipinski definition) is 2. The van der Waals surface area contributed by atoms with Gasteiger partial charge in [0.25, 0.3) is 0 Å². The van der Waals surface area contributed by atoms with Gasteiger partial charge in [0.2, 0.25) is 5.91 Å². The molecule has 0 aliphatic carbocycles. The van der Waals surface area contributed by atoms with Gasteiger partial charge in [-0.3, -0.25) is 4.79 Å². The van der Waals surface area contributed by atoms with Gasteiger partial charge >= 0.3 is 0 Å². The lowest BCUT2D eigenvalue weighted by molar-refractivity contribution is -0.117. The second-order valence-corrected chi connectivity index (χ2v) is 4.57. The fourth-order valence-electron chi connectivity index (χ4n) is 1.73. The molecule has 2 rings (SSSR count). The van der Waals surface area contributed by atoms with Crippen molar-refractivity contribution >= 4 is 34.2 Å². The number of hydrogen-bond donors (Lipinski definition) is 1.